The second-order valence-electron chi connectivity index (χ2n) is 5.67. The highest BCUT2D eigenvalue weighted by Gasteiger charge is 2.17. The summed E-state index contributed by atoms with van der Waals surface area (Å²) in [5.74, 6) is 0.861. The molecule has 0 amide bonds. The number of aryl methyl sites for hydroxylation is 1. The zero-order valence-electron chi connectivity index (χ0n) is 12.5. The summed E-state index contributed by atoms with van der Waals surface area (Å²) in [4.78, 5) is 4.51. The third-order valence-corrected chi connectivity index (χ3v) is 3.39. The van der Waals surface area contributed by atoms with Crippen LogP contribution in [0.5, 0.6) is 5.75 Å². The summed E-state index contributed by atoms with van der Waals surface area (Å²) in [6, 6.07) is 9.88. The molecule has 2 rings (SSSR count). The van der Waals surface area contributed by atoms with Gasteiger partial charge < -0.3 is 4.43 Å². The lowest BCUT2D eigenvalue weighted by Crippen LogP contribution is -2.29. The summed E-state index contributed by atoms with van der Waals surface area (Å²) in [6.07, 6.45) is 3.81. The van der Waals surface area contributed by atoms with Crippen molar-refractivity contribution in [2.75, 3.05) is 0 Å². The van der Waals surface area contributed by atoms with Crippen molar-refractivity contribution in [1.82, 2.24) is 9.78 Å². The number of hydrogen-bond acceptors (Lipinski definition) is 3. The van der Waals surface area contributed by atoms with Crippen molar-refractivity contribution in [2.24, 2.45) is 4.99 Å². The maximum Gasteiger partial charge on any atom is 0.242 e. The van der Waals surface area contributed by atoms with E-state index in [2.05, 4.69) is 29.7 Å². The molecule has 0 saturated carbocycles. The van der Waals surface area contributed by atoms with Crippen LogP contribution < -0.4 is 4.43 Å². The van der Waals surface area contributed by atoms with E-state index in [1.54, 1.807) is 0 Å². The second kappa shape index (κ2) is 6.05. The Morgan fingerprint density at radius 2 is 2.00 bits per heavy atom. The molecule has 0 unspecified atom stereocenters. The van der Waals surface area contributed by atoms with Gasteiger partial charge in [-0.25, -0.2) is 0 Å². The maximum absolute atomic E-state index is 6.04. The predicted octanol–water partition coefficient (Wildman–Crippen LogP) is 3.81. The van der Waals surface area contributed by atoms with E-state index in [9.17, 15) is 0 Å². The predicted molar refractivity (Wildman–Crippen MR) is 85.5 cm³/mol. The Labute approximate surface area is 121 Å². The third-order valence-electron chi connectivity index (χ3n) is 2.55. The van der Waals surface area contributed by atoms with Crippen LogP contribution in [0.15, 0.2) is 41.5 Å². The molecule has 0 aliphatic rings. The lowest BCUT2D eigenvalue weighted by atomic mass is 10.3. The number of nitrogens with zero attached hydrogens (tertiary/aromatic N) is 3. The quantitative estimate of drug-likeness (QED) is 0.619. The number of rotatable bonds is 5. The SMILES string of the molecule is Cc1ccn(CC=Nc2ccccc2O[Si](C)(C)C)n1. The fourth-order valence-electron chi connectivity index (χ4n) is 1.77. The van der Waals surface area contributed by atoms with Crippen molar-refractivity contribution in [3.63, 3.8) is 0 Å². The Hall–Kier alpha value is -1.88. The topological polar surface area (TPSA) is 39.4 Å². The van der Waals surface area contributed by atoms with E-state index in [-0.39, 0.29) is 0 Å². The third kappa shape index (κ3) is 4.34. The van der Waals surface area contributed by atoms with Gasteiger partial charge in [-0.15, -0.1) is 0 Å². The fraction of sp³-hybridized carbons (Fsp3) is 0.333. The number of hydrogen-bond donors (Lipinski definition) is 0. The van der Waals surface area contributed by atoms with Crippen LogP contribution in [0, 0.1) is 6.92 Å². The second-order valence-corrected chi connectivity index (χ2v) is 10.1. The molecule has 0 fully saturated rings. The molecule has 5 heteroatoms. The Morgan fingerprint density at radius 1 is 1.25 bits per heavy atom. The molecular weight excluding hydrogens is 266 g/mol. The highest BCUT2D eigenvalue weighted by atomic mass is 28.4. The van der Waals surface area contributed by atoms with Crippen LogP contribution in [0.1, 0.15) is 5.69 Å². The normalized spacial score (nSPS) is 12.0. The molecule has 20 heavy (non-hydrogen) atoms. The average Bonchev–Trinajstić information content (AvgIpc) is 2.75. The molecule has 0 aliphatic heterocycles. The minimum Gasteiger partial charge on any atom is -0.543 e. The fourth-order valence-corrected chi connectivity index (χ4v) is 2.60. The van der Waals surface area contributed by atoms with Crippen LogP contribution in [-0.4, -0.2) is 24.3 Å². The number of benzene rings is 1. The first kappa shape index (κ1) is 14.5. The van der Waals surface area contributed by atoms with E-state index >= 15 is 0 Å². The monoisotopic (exact) mass is 287 g/mol. The number of aromatic nitrogens is 2. The Balaban J connectivity index is 2.08. The molecule has 0 radical (unpaired) electrons. The van der Waals surface area contributed by atoms with Gasteiger partial charge in [-0.3, -0.25) is 9.67 Å². The molecule has 0 aliphatic carbocycles. The van der Waals surface area contributed by atoms with Crippen molar-refractivity contribution in [1.29, 1.82) is 0 Å². The van der Waals surface area contributed by atoms with Gasteiger partial charge in [0.2, 0.25) is 8.32 Å². The number of para-hydroxylation sites is 2. The molecule has 106 valence electrons. The van der Waals surface area contributed by atoms with Gasteiger partial charge in [-0.05, 0) is 44.8 Å². The summed E-state index contributed by atoms with van der Waals surface area (Å²) in [7, 11) is -1.62. The largest absolute Gasteiger partial charge is 0.543 e. The molecule has 0 saturated heterocycles. The molecule has 0 spiro atoms. The Kier molecular flexibility index (Phi) is 4.39. The first-order chi connectivity index (χ1) is 9.44. The molecule has 2 aromatic rings. The molecular formula is C15H21N3OSi. The molecule has 1 aromatic heterocycles. The van der Waals surface area contributed by atoms with E-state index in [4.69, 9.17) is 4.43 Å². The van der Waals surface area contributed by atoms with Crippen molar-refractivity contribution >= 4 is 20.2 Å². The van der Waals surface area contributed by atoms with Crippen molar-refractivity contribution < 1.29 is 4.43 Å². The molecule has 1 aromatic carbocycles. The van der Waals surface area contributed by atoms with Gasteiger partial charge in [-0.2, -0.15) is 5.10 Å². The van der Waals surface area contributed by atoms with Crippen LogP contribution in [-0.2, 0) is 6.54 Å². The summed E-state index contributed by atoms with van der Waals surface area (Å²) in [5, 5.41) is 4.32. The van der Waals surface area contributed by atoms with Gasteiger partial charge in [0, 0.05) is 12.4 Å². The van der Waals surface area contributed by atoms with Crippen molar-refractivity contribution in [3.8, 4) is 5.75 Å². The van der Waals surface area contributed by atoms with Crippen LogP contribution >= 0.6 is 0 Å². The Morgan fingerprint density at radius 3 is 2.65 bits per heavy atom. The summed E-state index contributed by atoms with van der Waals surface area (Å²) in [6.45, 7) is 9.14. The minimum atomic E-state index is -1.62. The van der Waals surface area contributed by atoms with Gasteiger partial charge in [0.05, 0.1) is 12.2 Å². The van der Waals surface area contributed by atoms with E-state index in [1.807, 2.05) is 54.3 Å². The van der Waals surface area contributed by atoms with Gasteiger partial charge >= 0.3 is 0 Å². The van der Waals surface area contributed by atoms with Crippen LogP contribution in [0.2, 0.25) is 19.6 Å². The van der Waals surface area contributed by atoms with Crippen LogP contribution in [0.3, 0.4) is 0 Å². The van der Waals surface area contributed by atoms with E-state index in [1.165, 1.54) is 0 Å². The van der Waals surface area contributed by atoms with Gasteiger partial charge in [0.15, 0.2) is 0 Å². The van der Waals surface area contributed by atoms with E-state index in [0.717, 1.165) is 17.1 Å². The molecule has 1 heterocycles. The zero-order chi connectivity index (χ0) is 14.6. The summed E-state index contributed by atoms with van der Waals surface area (Å²) < 4.78 is 7.90. The van der Waals surface area contributed by atoms with Gasteiger partial charge in [0.25, 0.3) is 0 Å². The van der Waals surface area contributed by atoms with E-state index < -0.39 is 8.32 Å². The molecule has 0 bridgehead atoms. The van der Waals surface area contributed by atoms with Crippen molar-refractivity contribution in [3.05, 3.63) is 42.2 Å². The first-order valence-corrected chi connectivity index (χ1v) is 10.2. The maximum atomic E-state index is 6.04. The smallest absolute Gasteiger partial charge is 0.242 e. The summed E-state index contributed by atoms with van der Waals surface area (Å²) >= 11 is 0. The Bertz CT molecular complexity index is 599. The summed E-state index contributed by atoms with van der Waals surface area (Å²) in [5.41, 5.74) is 1.89. The highest BCUT2D eigenvalue weighted by molar-refractivity contribution is 6.70. The van der Waals surface area contributed by atoms with Crippen LogP contribution in [0.25, 0.3) is 0 Å². The highest BCUT2D eigenvalue weighted by Crippen LogP contribution is 2.28. The van der Waals surface area contributed by atoms with Crippen molar-refractivity contribution in [2.45, 2.75) is 33.1 Å². The molecule has 0 N–H and O–H groups in total. The van der Waals surface area contributed by atoms with Gasteiger partial charge in [0.1, 0.15) is 11.4 Å². The lowest BCUT2D eigenvalue weighted by molar-refractivity contribution is 0.559. The lowest BCUT2D eigenvalue weighted by Gasteiger charge is -2.20. The first-order valence-electron chi connectivity index (χ1n) is 6.75. The van der Waals surface area contributed by atoms with Crippen LogP contribution in [0.4, 0.5) is 5.69 Å². The molecule has 0 atom stereocenters. The van der Waals surface area contributed by atoms with Gasteiger partial charge in [-0.1, -0.05) is 12.1 Å². The molecule has 4 nitrogen and oxygen atoms in total. The minimum absolute atomic E-state index is 0.662. The standard InChI is InChI=1S/C15H21N3OSi/c1-13-9-11-18(17-13)12-10-16-14-7-5-6-8-15(14)19-20(2,3)4/h5-11H,12H2,1-4H3. The average molecular weight is 287 g/mol. The number of aliphatic imine (C=N–C) groups is 1. The zero-order valence-corrected chi connectivity index (χ0v) is 13.5. The van der Waals surface area contributed by atoms with E-state index in [0.29, 0.717) is 6.54 Å².